The number of hydrogen-bond acceptors (Lipinski definition) is 4. The molecular formula is C15H30N4O. The Balaban J connectivity index is 1.88. The third-order valence-corrected chi connectivity index (χ3v) is 5.54. The van der Waals surface area contributed by atoms with Gasteiger partial charge in [-0.25, -0.2) is 0 Å². The second-order valence-corrected chi connectivity index (χ2v) is 6.59. The summed E-state index contributed by atoms with van der Waals surface area (Å²) in [6, 6.07) is 0.623. The maximum atomic E-state index is 11.9. The number of nitrogens with two attached hydrogens (primary N) is 1. The molecule has 1 amide bonds. The van der Waals surface area contributed by atoms with E-state index in [4.69, 9.17) is 5.73 Å². The Morgan fingerprint density at radius 3 is 2.80 bits per heavy atom. The molecule has 5 heteroatoms. The summed E-state index contributed by atoms with van der Waals surface area (Å²) in [7, 11) is 4.07. The van der Waals surface area contributed by atoms with Gasteiger partial charge in [0.25, 0.3) is 0 Å². The Hall–Kier alpha value is -0.650. The number of carbonyl (C=O) groups excluding carboxylic acids is 1. The van der Waals surface area contributed by atoms with Crippen LogP contribution in [0.15, 0.2) is 0 Å². The first-order valence-corrected chi connectivity index (χ1v) is 7.91. The summed E-state index contributed by atoms with van der Waals surface area (Å²) in [6.45, 7) is 6.77. The van der Waals surface area contributed by atoms with E-state index in [0.29, 0.717) is 12.0 Å². The van der Waals surface area contributed by atoms with Crippen LogP contribution in [0.5, 0.6) is 0 Å². The van der Waals surface area contributed by atoms with Crippen molar-refractivity contribution in [2.45, 2.75) is 44.2 Å². The zero-order chi connectivity index (χ0) is 14.8. The maximum absolute atomic E-state index is 11.9. The number of nitrogens with zero attached hydrogens (tertiary/aromatic N) is 2. The summed E-state index contributed by atoms with van der Waals surface area (Å²) >= 11 is 0. The summed E-state index contributed by atoms with van der Waals surface area (Å²) in [5.74, 6) is 0.217. The van der Waals surface area contributed by atoms with Gasteiger partial charge in [-0.3, -0.25) is 4.79 Å². The lowest BCUT2D eigenvalue weighted by atomic mass is 9.84. The van der Waals surface area contributed by atoms with E-state index in [-0.39, 0.29) is 5.91 Å². The molecule has 3 unspecified atom stereocenters. The molecule has 1 saturated heterocycles. The quantitative estimate of drug-likeness (QED) is 0.759. The van der Waals surface area contributed by atoms with E-state index >= 15 is 0 Å². The summed E-state index contributed by atoms with van der Waals surface area (Å²) in [6.07, 6.45) is 4.18. The molecule has 0 radical (unpaired) electrons. The molecule has 2 aliphatic rings. The van der Waals surface area contributed by atoms with Crippen LogP contribution in [0.3, 0.4) is 0 Å². The fourth-order valence-electron chi connectivity index (χ4n) is 3.91. The Morgan fingerprint density at radius 1 is 1.45 bits per heavy atom. The van der Waals surface area contributed by atoms with Gasteiger partial charge in [0.1, 0.15) is 5.54 Å². The summed E-state index contributed by atoms with van der Waals surface area (Å²) in [5.41, 5.74) is 5.20. The molecule has 0 aromatic rings. The number of hydrogen-bond donors (Lipinski definition) is 2. The van der Waals surface area contributed by atoms with Gasteiger partial charge in [-0.05, 0) is 52.7 Å². The SMILES string of the molecule is CNC1(C(N)=O)CCCC1CCN1CCN(C)C(C)C1. The molecule has 20 heavy (non-hydrogen) atoms. The van der Waals surface area contributed by atoms with Crippen molar-refractivity contribution in [3.63, 3.8) is 0 Å². The highest BCUT2D eigenvalue weighted by Crippen LogP contribution is 2.37. The third-order valence-electron chi connectivity index (χ3n) is 5.54. The molecule has 3 N–H and O–H groups in total. The van der Waals surface area contributed by atoms with E-state index in [1.165, 1.54) is 0 Å². The summed E-state index contributed by atoms with van der Waals surface area (Å²) < 4.78 is 0. The fourth-order valence-corrected chi connectivity index (χ4v) is 3.91. The van der Waals surface area contributed by atoms with Gasteiger partial charge in [0.05, 0.1) is 0 Å². The molecule has 2 rings (SSSR count). The first kappa shape index (κ1) is 15.7. The monoisotopic (exact) mass is 282 g/mol. The highest BCUT2D eigenvalue weighted by molar-refractivity contribution is 5.85. The van der Waals surface area contributed by atoms with Crippen molar-refractivity contribution < 1.29 is 4.79 Å². The molecule has 2 fully saturated rings. The summed E-state index contributed by atoms with van der Waals surface area (Å²) in [5, 5.41) is 3.23. The van der Waals surface area contributed by atoms with Crippen molar-refractivity contribution in [1.82, 2.24) is 15.1 Å². The predicted octanol–water partition coefficient (Wildman–Crippen LogP) is 0.256. The van der Waals surface area contributed by atoms with Crippen LogP contribution in [0.1, 0.15) is 32.6 Å². The standard InChI is InChI=1S/C15H30N4O/c1-12-11-19(10-9-18(12)3)8-6-13-5-4-7-15(13,17-2)14(16)20/h12-13,17H,4-11H2,1-3H3,(H2,16,20). The van der Waals surface area contributed by atoms with Crippen LogP contribution in [-0.4, -0.2) is 67.6 Å². The van der Waals surface area contributed by atoms with Gasteiger partial charge < -0.3 is 20.9 Å². The molecule has 0 aromatic heterocycles. The van der Waals surface area contributed by atoms with E-state index < -0.39 is 5.54 Å². The minimum absolute atomic E-state index is 0.172. The minimum atomic E-state index is -0.460. The van der Waals surface area contributed by atoms with Crippen LogP contribution in [0.25, 0.3) is 0 Å². The molecule has 1 saturated carbocycles. The van der Waals surface area contributed by atoms with E-state index in [1.807, 2.05) is 7.05 Å². The average molecular weight is 282 g/mol. The normalized spacial score (nSPS) is 36.4. The van der Waals surface area contributed by atoms with Gasteiger partial charge in [0.15, 0.2) is 0 Å². The largest absolute Gasteiger partial charge is 0.368 e. The van der Waals surface area contributed by atoms with Gasteiger partial charge in [0, 0.05) is 25.7 Å². The van der Waals surface area contributed by atoms with E-state index in [1.54, 1.807) is 0 Å². The molecule has 0 aromatic carbocycles. The number of piperazine rings is 1. The van der Waals surface area contributed by atoms with E-state index in [0.717, 1.165) is 51.9 Å². The van der Waals surface area contributed by atoms with Gasteiger partial charge >= 0.3 is 0 Å². The zero-order valence-electron chi connectivity index (χ0n) is 13.2. The van der Waals surface area contributed by atoms with Crippen molar-refractivity contribution in [2.24, 2.45) is 11.7 Å². The first-order chi connectivity index (χ1) is 9.49. The summed E-state index contributed by atoms with van der Waals surface area (Å²) in [4.78, 5) is 16.8. The second kappa shape index (κ2) is 6.41. The maximum Gasteiger partial charge on any atom is 0.238 e. The topological polar surface area (TPSA) is 61.6 Å². The number of amides is 1. The fraction of sp³-hybridized carbons (Fsp3) is 0.933. The lowest BCUT2D eigenvalue weighted by Crippen LogP contribution is -2.57. The molecule has 1 heterocycles. The molecular weight excluding hydrogens is 252 g/mol. The second-order valence-electron chi connectivity index (χ2n) is 6.59. The van der Waals surface area contributed by atoms with Crippen molar-refractivity contribution in [3.05, 3.63) is 0 Å². The highest BCUT2D eigenvalue weighted by Gasteiger charge is 2.46. The lowest BCUT2D eigenvalue weighted by molar-refractivity contribution is -0.125. The van der Waals surface area contributed by atoms with E-state index in [9.17, 15) is 4.79 Å². The third kappa shape index (κ3) is 3.00. The molecule has 3 atom stereocenters. The minimum Gasteiger partial charge on any atom is -0.368 e. The molecule has 0 bridgehead atoms. The molecule has 5 nitrogen and oxygen atoms in total. The molecule has 1 aliphatic heterocycles. The Labute approximate surface area is 122 Å². The van der Waals surface area contributed by atoms with Crippen LogP contribution in [-0.2, 0) is 4.79 Å². The van der Waals surface area contributed by atoms with Crippen LogP contribution in [0.2, 0.25) is 0 Å². The zero-order valence-corrected chi connectivity index (χ0v) is 13.2. The van der Waals surface area contributed by atoms with Crippen molar-refractivity contribution in [2.75, 3.05) is 40.3 Å². The Kier molecular flexibility index (Phi) is 5.04. The lowest BCUT2D eigenvalue weighted by Gasteiger charge is -2.39. The van der Waals surface area contributed by atoms with Gasteiger partial charge in [-0.2, -0.15) is 0 Å². The molecule has 0 spiro atoms. The Morgan fingerprint density at radius 2 is 2.20 bits per heavy atom. The number of nitrogens with one attached hydrogen (secondary N) is 1. The van der Waals surface area contributed by atoms with Gasteiger partial charge in [0.2, 0.25) is 5.91 Å². The number of carbonyl (C=O) groups is 1. The van der Waals surface area contributed by atoms with Crippen molar-refractivity contribution in [3.8, 4) is 0 Å². The molecule has 116 valence electrons. The van der Waals surface area contributed by atoms with Crippen LogP contribution in [0, 0.1) is 5.92 Å². The predicted molar refractivity (Wildman–Crippen MR) is 81.5 cm³/mol. The van der Waals surface area contributed by atoms with Gasteiger partial charge in [-0.15, -0.1) is 0 Å². The smallest absolute Gasteiger partial charge is 0.238 e. The van der Waals surface area contributed by atoms with Crippen molar-refractivity contribution >= 4 is 5.91 Å². The van der Waals surface area contributed by atoms with Crippen molar-refractivity contribution in [1.29, 1.82) is 0 Å². The van der Waals surface area contributed by atoms with Crippen LogP contribution < -0.4 is 11.1 Å². The Bertz CT molecular complexity index is 349. The van der Waals surface area contributed by atoms with Crippen LogP contribution in [0.4, 0.5) is 0 Å². The number of rotatable bonds is 5. The number of likely N-dealkylation sites (N-methyl/N-ethyl adjacent to an activating group) is 2. The van der Waals surface area contributed by atoms with E-state index in [2.05, 4.69) is 29.1 Å². The molecule has 1 aliphatic carbocycles. The van der Waals surface area contributed by atoms with Crippen LogP contribution >= 0.6 is 0 Å². The highest BCUT2D eigenvalue weighted by atomic mass is 16.1. The van der Waals surface area contributed by atoms with Gasteiger partial charge in [-0.1, -0.05) is 6.42 Å². The number of primary amides is 1. The first-order valence-electron chi connectivity index (χ1n) is 7.91. The average Bonchev–Trinajstić information content (AvgIpc) is 2.84.